The number of nitro groups is 1. The van der Waals surface area contributed by atoms with E-state index in [1.807, 2.05) is 4.90 Å². The highest BCUT2D eigenvalue weighted by atomic mass is 16.6. The minimum atomic E-state index is -0.927. The van der Waals surface area contributed by atoms with Gasteiger partial charge in [0.1, 0.15) is 17.5 Å². The number of hydrogen-bond donors (Lipinski definition) is 1. The molecule has 1 saturated heterocycles. The number of benzene rings is 1. The van der Waals surface area contributed by atoms with E-state index in [2.05, 4.69) is 6.07 Å². The molecule has 1 atom stereocenters. The number of nitriles is 1. The van der Waals surface area contributed by atoms with E-state index in [1.165, 1.54) is 4.57 Å². The quantitative estimate of drug-likeness (QED) is 0.382. The van der Waals surface area contributed by atoms with Crippen LogP contribution in [0.25, 0.3) is 0 Å². The number of nitrogens with zero attached hydrogens (tertiary/aromatic N) is 6. The van der Waals surface area contributed by atoms with Gasteiger partial charge in [0, 0.05) is 44.8 Å². The molecule has 12 heteroatoms. The zero-order valence-electron chi connectivity index (χ0n) is 22.7. The lowest BCUT2D eigenvalue weighted by atomic mass is 10.0. The molecule has 2 heterocycles. The summed E-state index contributed by atoms with van der Waals surface area (Å²) in [6.45, 7) is 12.2. The number of β-amino-alcohol motifs (C(OH)–C–C–N with tert-alkyl or cyclic N) is 1. The topological polar surface area (TPSA) is 147 Å². The predicted molar refractivity (Wildman–Crippen MR) is 143 cm³/mol. The Morgan fingerprint density at radius 1 is 1.05 bits per heavy atom. The molecule has 1 aromatic heterocycles. The van der Waals surface area contributed by atoms with E-state index in [4.69, 9.17) is 10.00 Å². The van der Waals surface area contributed by atoms with Gasteiger partial charge in [-0.3, -0.25) is 28.9 Å². The Bertz CT molecular complexity index is 1310. The molecule has 0 amide bonds. The van der Waals surface area contributed by atoms with E-state index in [0.717, 1.165) is 4.57 Å². The first-order valence-electron chi connectivity index (χ1n) is 12.7. The zero-order chi connectivity index (χ0) is 28.4. The van der Waals surface area contributed by atoms with Crippen LogP contribution in [0.2, 0.25) is 0 Å². The summed E-state index contributed by atoms with van der Waals surface area (Å²) in [4.78, 5) is 41.3. The first-order valence-corrected chi connectivity index (χ1v) is 12.7. The van der Waals surface area contributed by atoms with Crippen molar-refractivity contribution in [2.75, 3.05) is 37.6 Å². The number of aliphatic hydroxyl groups excluding tert-OH is 1. The number of aliphatic hydroxyl groups is 1. The van der Waals surface area contributed by atoms with Crippen LogP contribution >= 0.6 is 0 Å². The maximum atomic E-state index is 13.2. The van der Waals surface area contributed by atoms with Crippen LogP contribution in [0.3, 0.4) is 0 Å². The summed E-state index contributed by atoms with van der Waals surface area (Å²) >= 11 is 0. The van der Waals surface area contributed by atoms with Crippen molar-refractivity contribution in [1.82, 2.24) is 14.0 Å². The van der Waals surface area contributed by atoms with Gasteiger partial charge in [-0.25, -0.2) is 4.79 Å². The Morgan fingerprint density at radius 2 is 1.61 bits per heavy atom. The molecule has 0 bridgehead atoms. The molecule has 2 aromatic rings. The highest BCUT2D eigenvalue weighted by Crippen LogP contribution is 2.28. The van der Waals surface area contributed by atoms with Crippen LogP contribution in [0.4, 0.5) is 11.5 Å². The lowest BCUT2D eigenvalue weighted by Gasteiger charge is -2.40. The van der Waals surface area contributed by atoms with E-state index in [1.54, 1.807) is 70.7 Å². The van der Waals surface area contributed by atoms with Gasteiger partial charge in [0.15, 0.2) is 5.82 Å². The lowest BCUT2D eigenvalue weighted by Crippen LogP contribution is -2.55. The fourth-order valence-electron chi connectivity index (χ4n) is 4.58. The number of ether oxygens (including phenoxy) is 1. The van der Waals surface area contributed by atoms with Crippen LogP contribution in [0.5, 0.6) is 5.75 Å². The molecule has 1 N–H and O–H groups in total. The molecular weight excluding hydrogens is 492 g/mol. The SMILES string of the molecule is CC(C)n1c(N2CCN(CC(O)C(C)(C)Oc3ccc(C#N)cc3)CC2)c([N+](=O)[O-])c(=O)n(C(C)C)c1=O. The molecule has 3 rings (SSSR count). The highest BCUT2D eigenvalue weighted by molar-refractivity contribution is 5.58. The molecule has 38 heavy (non-hydrogen) atoms. The van der Waals surface area contributed by atoms with Crippen molar-refractivity contribution in [1.29, 1.82) is 5.26 Å². The highest BCUT2D eigenvalue weighted by Gasteiger charge is 2.36. The lowest BCUT2D eigenvalue weighted by molar-refractivity contribution is -0.386. The number of aromatic nitrogens is 2. The van der Waals surface area contributed by atoms with Crippen LogP contribution in [-0.2, 0) is 0 Å². The summed E-state index contributed by atoms with van der Waals surface area (Å²) in [5, 5.41) is 31.9. The third-order valence-corrected chi connectivity index (χ3v) is 6.76. The molecule has 1 aliphatic rings. The Morgan fingerprint density at radius 3 is 2.08 bits per heavy atom. The smallest absolute Gasteiger partial charge is 0.374 e. The average Bonchev–Trinajstić information content (AvgIpc) is 2.83. The second-order valence-corrected chi connectivity index (χ2v) is 10.6. The largest absolute Gasteiger partial charge is 0.485 e. The minimum Gasteiger partial charge on any atom is -0.485 e. The molecule has 1 unspecified atom stereocenters. The number of piperazine rings is 1. The monoisotopic (exact) mass is 528 g/mol. The van der Waals surface area contributed by atoms with Crippen LogP contribution in [0.15, 0.2) is 33.9 Å². The summed E-state index contributed by atoms with van der Waals surface area (Å²) in [6.07, 6.45) is -0.858. The van der Waals surface area contributed by atoms with E-state index in [9.17, 15) is 24.8 Å². The van der Waals surface area contributed by atoms with Crippen LogP contribution in [-0.4, -0.2) is 68.5 Å². The molecule has 1 aliphatic heterocycles. The van der Waals surface area contributed by atoms with Crippen molar-refractivity contribution in [3.8, 4) is 11.8 Å². The molecule has 0 spiro atoms. The Labute approximate surface area is 221 Å². The summed E-state index contributed by atoms with van der Waals surface area (Å²) in [7, 11) is 0. The molecule has 1 aromatic carbocycles. The molecular formula is C26H36N6O6. The van der Waals surface area contributed by atoms with Crippen molar-refractivity contribution in [3.05, 3.63) is 60.8 Å². The summed E-state index contributed by atoms with van der Waals surface area (Å²) in [6, 6.07) is 7.78. The van der Waals surface area contributed by atoms with Gasteiger partial charge in [-0.05, 0) is 65.8 Å². The van der Waals surface area contributed by atoms with E-state index < -0.39 is 45.6 Å². The number of hydrogen-bond acceptors (Lipinski definition) is 9. The van der Waals surface area contributed by atoms with Crippen LogP contribution < -0.4 is 20.9 Å². The third-order valence-electron chi connectivity index (χ3n) is 6.76. The Hall–Kier alpha value is -3.69. The zero-order valence-corrected chi connectivity index (χ0v) is 22.7. The van der Waals surface area contributed by atoms with Crippen LogP contribution in [0, 0.1) is 21.4 Å². The van der Waals surface area contributed by atoms with Crippen molar-refractivity contribution in [3.63, 3.8) is 0 Å². The third kappa shape index (κ3) is 5.89. The molecule has 206 valence electrons. The van der Waals surface area contributed by atoms with Crippen molar-refractivity contribution >= 4 is 11.5 Å². The van der Waals surface area contributed by atoms with Crippen molar-refractivity contribution in [2.45, 2.75) is 65.3 Å². The average molecular weight is 529 g/mol. The normalized spacial score (nSPS) is 15.5. The van der Waals surface area contributed by atoms with Crippen LogP contribution in [0.1, 0.15) is 59.2 Å². The molecule has 0 aliphatic carbocycles. The Balaban J connectivity index is 1.79. The van der Waals surface area contributed by atoms with E-state index in [-0.39, 0.29) is 5.82 Å². The molecule has 0 saturated carbocycles. The van der Waals surface area contributed by atoms with Gasteiger partial charge in [0.05, 0.1) is 16.6 Å². The van der Waals surface area contributed by atoms with E-state index in [0.29, 0.717) is 44.0 Å². The van der Waals surface area contributed by atoms with Gasteiger partial charge in [0.25, 0.3) is 0 Å². The van der Waals surface area contributed by atoms with Gasteiger partial charge in [0.2, 0.25) is 0 Å². The van der Waals surface area contributed by atoms with E-state index >= 15 is 0 Å². The second kappa shape index (κ2) is 11.4. The van der Waals surface area contributed by atoms with Gasteiger partial charge < -0.3 is 14.7 Å². The van der Waals surface area contributed by atoms with Crippen molar-refractivity contribution < 1.29 is 14.8 Å². The number of rotatable bonds is 9. The molecule has 0 radical (unpaired) electrons. The predicted octanol–water partition coefficient (Wildman–Crippen LogP) is 2.29. The number of anilines is 1. The first kappa shape index (κ1) is 28.9. The standard InChI is InChI=1S/C26H36N6O6/c1-17(2)30-23(22(32(36)37)24(34)31(18(3)4)25(30)35)29-13-11-28(12-14-29)16-21(33)26(5,6)38-20-9-7-19(15-27)8-10-20/h7-10,17-18,21,33H,11-14,16H2,1-6H3. The fourth-order valence-corrected chi connectivity index (χ4v) is 4.58. The second-order valence-electron chi connectivity index (χ2n) is 10.6. The summed E-state index contributed by atoms with van der Waals surface area (Å²) in [5.74, 6) is 0.564. The van der Waals surface area contributed by atoms with Gasteiger partial charge in [-0.1, -0.05) is 0 Å². The van der Waals surface area contributed by atoms with Crippen molar-refractivity contribution in [2.24, 2.45) is 0 Å². The molecule has 1 fully saturated rings. The fraction of sp³-hybridized carbons (Fsp3) is 0.577. The maximum absolute atomic E-state index is 13.2. The molecule has 12 nitrogen and oxygen atoms in total. The van der Waals surface area contributed by atoms with Gasteiger partial charge in [-0.2, -0.15) is 5.26 Å². The summed E-state index contributed by atoms with van der Waals surface area (Å²) < 4.78 is 8.26. The first-order chi connectivity index (χ1) is 17.8. The Kier molecular flexibility index (Phi) is 8.64. The maximum Gasteiger partial charge on any atom is 0.374 e. The summed E-state index contributed by atoms with van der Waals surface area (Å²) in [5.41, 5.74) is -2.49. The van der Waals surface area contributed by atoms with Gasteiger partial charge >= 0.3 is 16.9 Å². The minimum absolute atomic E-state index is 0.0292. The van der Waals surface area contributed by atoms with Gasteiger partial charge in [-0.15, -0.1) is 0 Å².